The van der Waals surface area contributed by atoms with E-state index < -0.39 is 0 Å². The molecule has 1 aliphatic heterocycles. The van der Waals surface area contributed by atoms with Crippen molar-refractivity contribution in [1.82, 2.24) is 14.5 Å². The average Bonchev–Trinajstić information content (AvgIpc) is 2.69. The molecular weight excluding hydrogens is 341 g/mol. The number of hydrogen-bond donors (Lipinski definition) is 1. The van der Waals surface area contributed by atoms with Crippen LogP contribution in [-0.4, -0.2) is 34.1 Å². The smallest absolute Gasteiger partial charge is 0.178 e. The first-order valence-electron chi connectivity index (χ1n) is 6.77. The fourth-order valence-corrected chi connectivity index (χ4v) is 3.67. The Labute approximate surface area is 130 Å². The zero-order valence-electron chi connectivity index (χ0n) is 11.5. The number of nitrogens with zero attached hydrogens (tertiary/aromatic N) is 2. The minimum absolute atomic E-state index is 0.266. The Morgan fingerprint density at radius 2 is 2.20 bits per heavy atom. The first-order chi connectivity index (χ1) is 9.47. The average molecular weight is 358 g/mol. The van der Waals surface area contributed by atoms with Crippen LogP contribution in [0.5, 0.6) is 0 Å². The largest absolute Gasteiger partial charge is 0.330 e. The zero-order chi connectivity index (χ0) is 14.4. The van der Waals surface area contributed by atoms with E-state index in [1.165, 1.54) is 6.07 Å². The lowest BCUT2D eigenvalue weighted by molar-refractivity contribution is 0.158. The van der Waals surface area contributed by atoms with Gasteiger partial charge in [-0.15, -0.1) is 0 Å². The van der Waals surface area contributed by atoms with Crippen molar-refractivity contribution in [1.29, 1.82) is 0 Å². The second kappa shape index (κ2) is 5.24. The van der Waals surface area contributed by atoms with Crippen LogP contribution in [0, 0.1) is 10.6 Å². The van der Waals surface area contributed by atoms with E-state index in [0.29, 0.717) is 21.3 Å². The van der Waals surface area contributed by atoms with Crippen LogP contribution in [0.15, 0.2) is 16.6 Å². The Morgan fingerprint density at radius 3 is 2.90 bits per heavy atom. The SMILES string of the molecule is CC1CC(n2c(=S)[nH]c3cc(F)c(Br)cc32)CCN1C. The van der Waals surface area contributed by atoms with Crippen molar-refractivity contribution in [2.45, 2.75) is 31.8 Å². The molecule has 1 aromatic carbocycles. The number of benzene rings is 1. The van der Waals surface area contributed by atoms with E-state index in [4.69, 9.17) is 12.2 Å². The van der Waals surface area contributed by atoms with Gasteiger partial charge in [-0.05, 0) is 61.0 Å². The molecule has 1 aliphatic rings. The minimum Gasteiger partial charge on any atom is -0.330 e. The van der Waals surface area contributed by atoms with Crippen LogP contribution < -0.4 is 0 Å². The number of imidazole rings is 1. The highest BCUT2D eigenvalue weighted by Gasteiger charge is 2.25. The Morgan fingerprint density at radius 1 is 1.45 bits per heavy atom. The first-order valence-corrected chi connectivity index (χ1v) is 7.97. The van der Waals surface area contributed by atoms with Gasteiger partial charge in [0.2, 0.25) is 0 Å². The van der Waals surface area contributed by atoms with Crippen LogP contribution in [0.25, 0.3) is 11.0 Å². The van der Waals surface area contributed by atoms with Gasteiger partial charge < -0.3 is 14.5 Å². The summed E-state index contributed by atoms with van der Waals surface area (Å²) in [5.74, 6) is -0.266. The maximum Gasteiger partial charge on any atom is 0.178 e. The molecule has 0 saturated carbocycles. The van der Waals surface area contributed by atoms with E-state index in [9.17, 15) is 4.39 Å². The molecule has 2 unspecified atom stereocenters. The molecule has 1 fully saturated rings. The number of hydrogen-bond acceptors (Lipinski definition) is 2. The van der Waals surface area contributed by atoms with Crippen molar-refractivity contribution < 1.29 is 4.39 Å². The topological polar surface area (TPSA) is 24.0 Å². The molecule has 3 nitrogen and oxygen atoms in total. The predicted molar refractivity (Wildman–Crippen MR) is 85.1 cm³/mol. The maximum absolute atomic E-state index is 13.6. The summed E-state index contributed by atoms with van der Waals surface area (Å²) >= 11 is 8.71. The van der Waals surface area contributed by atoms with Gasteiger partial charge in [-0.2, -0.15) is 0 Å². The van der Waals surface area contributed by atoms with Crippen molar-refractivity contribution in [3.8, 4) is 0 Å². The van der Waals surface area contributed by atoms with Crippen LogP contribution in [0.4, 0.5) is 4.39 Å². The monoisotopic (exact) mass is 357 g/mol. The number of nitrogens with one attached hydrogen (secondary N) is 1. The Bertz CT molecular complexity index is 708. The minimum atomic E-state index is -0.266. The van der Waals surface area contributed by atoms with E-state index in [1.807, 2.05) is 6.07 Å². The summed E-state index contributed by atoms with van der Waals surface area (Å²) in [5.41, 5.74) is 1.74. The van der Waals surface area contributed by atoms with Gasteiger partial charge in [0.15, 0.2) is 4.77 Å². The lowest BCUT2D eigenvalue weighted by Crippen LogP contribution is -2.38. The number of aromatic amines is 1. The standard InChI is InChI=1S/C14H17BrFN3S/c1-8-5-9(3-4-18(8)2)19-13-6-10(15)11(16)7-12(13)17-14(19)20/h6-9H,3-5H2,1-2H3,(H,17,20). The van der Waals surface area contributed by atoms with Crippen molar-refractivity contribution in [2.24, 2.45) is 0 Å². The molecule has 0 bridgehead atoms. The Hall–Kier alpha value is -0.720. The van der Waals surface area contributed by atoms with Gasteiger partial charge in [-0.25, -0.2) is 4.39 Å². The van der Waals surface area contributed by atoms with E-state index in [-0.39, 0.29) is 5.82 Å². The maximum atomic E-state index is 13.6. The number of halogens is 2. The molecule has 108 valence electrons. The van der Waals surface area contributed by atoms with Crippen LogP contribution in [0.2, 0.25) is 0 Å². The summed E-state index contributed by atoms with van der Waals surface area (Å²) in [6.07, 6.45) is 2.13. The molecule has 2 heterocycles. The van der Waals surface area contributed by atoms with Crippen molar-refractivity contribution >= 4 is 39.2 Å². The van der Waals surface area contributed by atoms with Gasteiger partial charge in [0, 0.05) is 24.7 Å². The van der Waals surface area contributed by atoms with Crippen LogP contribution >= 0.6 is 28.1 Å². The third-order valence-electron chi connectivity index (χ3n) is 4.30. The number of H-pyrrole nitrogens is 1. The Balaban J connectivity index is 2.09. The molecule has 1 N–H and O–H groups in total. The zero-order valence-corrected chi connectivity index (χ0v) is 13.9. The molecule has 2 atom stereocenters. The van der Waals surface area contributed by atoms with Crippen LogP contribution in [-0.2, 0) is 0 Å². The highest BCUT2D eigenvalue weighted by atomic mass is 79.9. The van der Waals surface area contributed by atoms with Crippen molar-refractivity contribution in [2.75, 3.05) is 13.6 Å². The third-order valence-corrected chi connectivity index (χ3v) is 5.21. The molecule has 0 radical (unpaired) electrons. The quantitative estimate of drug-likeness (QED) is 0.771. The number of aromatic nitrogens is 2. The lowest BCUT2D eigenvalue weighted by atomic mass is 9.98. The molecule has 6 heteroatoms. The van der Waals surface area contributed by atoms with E-state index >= 15 is 0 Å². The first kappa shape index (κ1) is 14.2. The fraction of sp³-hybridized carbons (Fsp3) is 0.500. The summed E-state index contributed by atoms with van der Waals surface area (Å²) < 4.78 is 16.9. The Kier molecular flexibility index (Phi) is 3.73. The van der Waals surface area contributed by atoms with E-state index in [1.54, 1.807) is 0 Å². The summed E-state index contributed by atoms with van der Waals surface area (Å²) in [4.78, 5) is 5.49. The second-order valence-electron chi connectivity index (χ2n) is 5.59. The van der Waals surface area contributed by atoms with Crippen LogP contribution in [0.1, 0.15) is 25.8 Å². The summed E-state index contributed by atoms with van der Waals surface area (Å²) in [5, 5.41) is 0. The number of likely N-dealkylation sites (tertiary alicyclic amines) is 1. The molecule has 1 aromatic heterocycles. The second-order valence-corrected chi connectivity index (χ2v) is 6.83. The fourth-order valence-electron chi connectivity index (χ4n) is 2.98. The number of rotatable bonds is 1. The van der Waals surface area contributed by atoms with Gasteiger partial charge in [-0.3, -0.25) is 0 Å². The predicted octanol–water partition coefficient (Wildman–Crippen LogP) is 4.26. The van der Waals surface area contributed by atoms with Gasteiger partial charge in [0.25, 0.3) is 0 Å². The lowest BCUT2D eigenvalue weighted by Gasteiger charge is -2.35. The molecule has 3 rings (SSSR count). The van der Waals surface area contributed by atoms with E-state index in [2.05, 4.69) is 44.4 Å². The van der Waals surface area contributed by atoms with E-state index in [0.717, 1.165) is 30.4 Å². The highest BCUT2D eigenvalue weighted by molar-refractivity contribution is 9.10. The molecule has 20 heavy (non-hydrogen) atoms. The molecule has 0 aliphatic carbocycles. The molecule has 2 aromatic rings. The highest BCUT2D eigenvalue weighted by Crippen LogP contribution is 2.31. The molecule has 0 amide bonds. The third kappa shape index (κ3) is 2.34. The molecule has 0 spiro atoms. The van der Waals surface area contributed by atoms with Gasteiger partial charge in [-0.1, -0.05) is 0 Å². The van der Waals surface area contributed by atoms with Gasteiger partial charge >= 0.3 is 0 Å². The number of fused-ring (bicyclic) bond motifs is 1. The van der Waals surface area contributed by atoms with Gasteiger partial charge in [0.05, 0.1) is 15.5 Å². The van der Waals surface area contributed by atoms with Crippen molar-refractivity contribution in [3.63, 3.8) is 0 Å². The summed E-state index contributed by atoms with van der Waals surface area (Å²) in [7, 11) is 2.15. The summed E-state index contributed by atoms with van der Waals surface area (Å²) in [6.45, 7) is 3.29. The van der Waals surface area contributed by atoms with Crippen molar-refractivity contribution in [3.05, 3.63) is 27.2 Å². The normalized spacial score (nSPS) is 24.4. The molecular formula is C14H17BrFN3S. The number of piperidine rings is 1. The molecule has 1 saturated heterocycles. The van der Waals surface area contributed by atoms with Crippen LogP contribution in [0.3, 0.4) is 0 Å². The summed E-state index contributed by atoms with van der Waals surface area (Å²) in [6, 6.07) is 4.23. The van der Waals surface area contributed by atoms with Gasteiger partial charge in [0.1, 0.15) is 5.82 Å².